The minimum absolute atomic E-state index is 0.0289. The maximum atomic E-state index is 11.5. The summed E-state index contributed by atoms with van der Waals surface area (Å²) in [7, 11) is 0. The molecular formula is C10H17NO5S2. The Kier molecular flexibility index (Phi) is 5.16. The van der Waals surface area contributed by atoms with E-state index in [0.29, 0.717) is 18.1 Å². The second-order valence-electron chi connectivity index (χ2n) is 4.17. The van der Waals surface area contributed by atoms with Gasteiger partial charge in [-0.15, -0.1) is 11.8 Å². The molecule has 2 heterocycles. The highest BCUT2D eigenvalue weighted by atomic mass is 32.2. The number of amides is 1. The fourth-order valence-electron chi connectivity index (χ4n) is 1.82. The van der Waals surface area contributed by atoms with Crippen LogP contribution in [0.3, 0.4) is 0 Å². The highest BCUT2D eigenvalue weighted by Gasteiger charge is 2.33. The van der Waals surface area contributed by atoms with Crippen LogP contribution in [0.25, 0.3) is 0 Å². The van der Waals surface area contributed by atoms with Gasteiger partial charge >= 0.3 is 0 Å². The molecule has 2 fully saturated rings. The normalized spacial score (nSPS) is 34.3. The van der Waals surface area contributed by atoms with Gasteiger partial charge in [0, 0.05) is 11.5 Å². The Labute approximate surface area is 114 Å². The van der Waals surface area contributed by atoms with Gasteiger partial charge in [-0.3, -0.25) is 4.79 Å². The summed E-state index contributed by atoms with van der Waals surface area (Å²) >= 11 is 2.62. The van der Waals surface area contributed by atoms with Crippen LogP contribution in [0.15, 0.2) is 0 Å². The summed E-state index contributed by atoms with van der Waals surface area (Å²) in [5.41, 5.74) is -0.225. The second kappa shape index (κ2) is 6.44. The molecule has 0 saturated carbocycles. The number of hydrogen-bond acceptors (Lipinski definition) is 7. The molecule has 4 atom stereocenters. The summed E-state index contributed by atoms with van der Waals surface area (Å²) in [6, 6.07) is 0. The highest BCUT2D eigenvalue weighted by molar-refractivity contribution is 8.13. The molecule has 2 unspecified atom stereocenters. The van der Waals surface area contributed by atoms with Gasteiger partial charge in [-0.05, 0) is 6.92 Å². The third-order valence-corrected chi connectivity index (χ3v) is 4.70. The monoisotopic (exact) mass is 295 g/mol. The lowest BCUT2D eigenvalue weighted by Gasteiger charge is -2.25. The molecule has 2 N–H and O–H groups in total. The predicted molar refractivity (Wildman–Crippen MR) is 69.3 cm³/mol. The molecule has 1 amide bonds. The van der Waals surface area contributed by atoms with E-state index in [4.69, 9.17) is 14.6 Å². The molecule has 0 radical (unpaired) electrons. The Hall–Kier alpha value is 0.01000. The minimum Gasteiger partial charge on any atom is -0.393 e. The summed E-state index contributed by atoms with van der Waals surface area (Å²) in [6.07, 6.45) is -1.30. The Morgan fingerprint density at radius 2 is 2.39 bits per heavy atom. The molecule has 0 aliphatic carbocycles. The zero-order chi connectivity index (χ0) is 13.1. The number of hydrogen-bond donors (Lipinski definition) is 2. The topological polar surface area (TPSA) is 79.2 Å². The third-order valence-electron chi connectivity index (χ3n) is 2.66. The van der Waals surface area contributed by atoms with Crippen molar-refractivity contribution in [1.29, 1.82) is 0 Å². The Balaban J connectivity index is 1.75. The highest BCUT2D eigenvalue weighted by Crippen LogP contribution is 2.27. The number of aliphatic hydroxyl groups excluding tert-OH is 2. The largest absolute Gasteiger partial charge is 0.393 e. The van der Waals surface area contributed by atoms with Crippen molar-refractivity contribution in [2.75, 3.05) is 24.7 Å². The molecule has 6 nitrogen and oxygen atoms in total. The van der Waals surface area contributed by atoms with Crippen molar-refractivity contribution in [2.24, 2.45) is 0 Å². The van der Waals surface area contributed by atoms with E-state index < -0.39 is 6.23 Å². The lowest BCUT2D eigenvalue weighted by Crippen LogP contribution is -2.40. The van der Waals surface area contributed by atoms with Crippen LogP contribution >= 0.6 is 23.5 Å². The summed E-state index contributed by atoms with van der Waals surface area (Å²) in [5, 5.41) is 18.4. The van der Waals surface area contributed by atoms with Crippen LogP contribution in [0.5, 0.6) is 0 Å². The first kappa shape index (κ1) is 14.4. The van der Waals surface area contributed by atoms with Gasteiger partial charge in [0.2, 0.25) is 0 Å². The van der Waals surface area contributed by atoms with Crippen molar-refractivity contribution in [2.45, 2.75) is 31.0 Å². The predicted octanol–water partition coefficient (Wildman–Crippen LogP) is 0.287. The molecule has 2 aliphatic rings. The van der Waals surface area contributed by atoms with E-state index in [9.17, 15) is 9.90 Å². The van der Waals surface area contributed by atoms with Crippen LogP contribution in [-0.4, -0.2) is 69.1 Å². The molecule has 0 spiro atoms. The molecule has 2 aliphatic heterocycles. The SMILES string of the molecule is CC(CN1C(=O)SC[C@H]1O)OC1CS[C@H](CO)O1. The minimum atomic E-state index is -0.724. The lowest BCUT2D eigenvalue weighted by atomic mass is 10.3. The van der Waals surface area contributed by atoms with Crippen molar-refractivity contribution in [3.8, 4) is 0 Å². The van der Waals surface area contributed by atoms with Crippen molar-refractivity contribution in [3.05, 3.63) is 0 Å². The van der Waals surface area contributed by atoms with Gasteiger partial charge in [-0.25, -0.2) is 0 Å². The van der Waals surface area contributed by atoms with Crippen molar-refractivity contribution in [1.82, 2.24) is 4.90 Å². The fraction of sp³-hybridized carbons (Fsp3) is 0.900. The molecule has 0 aromatic rings. The fourth-order valence-corrected chi connectivity index (χ4v) is 3.49. The number of ether oxygens (including phenoxy) is 2. The van der Waals surface area contributed by atoms with E-state index in [2.05, 4.69) is 0 Å². The van der Waals surface area contributed by atoms with Crippen LogP contribution in [0.1, 0.15) is 6.92 Å². The standard InChI is InChI=1S/C10H17NO5S2/c1-6(2-11-7(13)4-18-10(11)14)15-8-5-17-9(3-12)16-8/h6-9,12-13H,2-5H2,1H3/t6?,7-,8?,9-/m1/s1. The van der Waals surface area contributed by atoms with Gasteiger partial charge in [0.05, 0.1) is 19.3 Å². The molecular weight excluding hydrogens is 278 g/mol. The van der Waals surface area contributed by atoms with Gasteiger partial charge < -0.3 is 24.6 Å². The average molecular weight is 295 g/mol. The van der Waals surface area contributed by atoms with Gasteiger partial charge in [0.1, 0.15) is 11.7 Å². The Morgan fingerprint density at radius 1 is 1.61 bits per heavy atom. The molecule has 8 heteroatoms. The van der Waals surface area contributed by atoms with Crippen molar-refractivity contribution >= 4 is 28.8 Å². The van der Waals surface area contributed by atoms with Crippen molar-refractivity contribution < 1.29 is 24.5 Å². The maximum Gasteiger partial charge on any atom is 0.283 e. The summed E-state index contributed by atoms with van der Waals surface area (Å²) in [4.78, 5) is 12.9. The first-order valence-electron chi connectivity index (χ1n) is 5.75. The summed E-state index contributed by atoms with van der Waals surface area (Å²) < 4.78 is 11.1. The van der Waals surface area contributed by atoms with Gasteiger partial charge in [0.15, 0.2) is 6.29 Å². The van der Waals surface area contributed by atoms with E-state index in [0.717, 1.165) is 11.8 Å². The number of nitrogens with zero attached hydrogens (tertiary/aromatic N) is 1. The maximum absolute atomic E-state index is 11.5. The number of carbonyl (C=O) groups is 1. The van der Waals surface area contributed by atoms with Crippen LogP contribution in [0.4, 0.5) is 4.79 Å². The van der Waals surface area contributed by atoms with Crippen LogP contribution < -0.4 is 0 Å². The smallest absolute Gasteiger partial charge is 0.283 e. The van der Waals surface area contributed by atoms with Crippen LogP contribution in [-0.2, 0) is 9.47 Å². The molecule has 2 saturated heterocycles. The van der Waals surface area contributed by atoms with E-state index in [1.807, 2.05) is 6.92 Å². The Bertz CT molecular complexity index is 306. The van der Waals surface area contributed by atoms with E-state index >= 15 is 0 Å². The number of carbonyl (C=O) groups excluding carboxylic acids is 1. The number of thioether (sulfide) groups is 2. The first-order valence-corrected chi connectivity index (χ1v) is 7.78. The van der Waals surface area contributed by atoms with E-state index in [-0.39, 0.29) is 29.7 Å². The quantitative estimate of drug-likeness (QED) is 0.754. The average Bonchev–Trinajstić information content (AvgIpc) is 2.91. The Morgan fingerprint density at radius 3 is 2.94 bits per heavy atom. The van der Waals surface area contributed by atoms with Gasteiger partial charge in [-0.2, -0.15) is 0 Å². The summed E-state index contributed by atoms with van der Waals surface area (Å²) in [6.45, 7) is 2.16. The number of rotatable bonds is 5. The first-order chi connectivity index (χ1) is 8.60. The third kappa shape index (κ3) is 3.52. The molecule has 0 bridgehead atoms. The van der Waals surface area contributed by atoms with E-state index in [1.54, 1.807) is 0 Å². The zero-order valence-corrected chi connectivity index (χ0v) is 11.7. The number of aliphatic hydroxyl groups is 2. The molecule has 0 aromatic heterocycles. The zero-order valence-electron chi connectivity index (χ0n) is 10.0. The molecule has 2 rings (SSSR count). The van der Waals surface area contributed by atoms with Gasteiger partial charge in [-0.1, -0.05) is 11.8 Å². The van der Waals surface area contributed by atoms with E-state index in [1.165, 1.54) is 16.7 Å². The van der Waals surface area contributed by atoms with Crippen LogP contribution in [0.2, 0.25) is 0 Å². The lowest BCUT2D eigenvalue weighted by molar-refractivity contribution is -0.160. The molecule has 104 valence electrons. The molecule has 0 aromatic carbocycles. The van der Waals surface area contributed by atoms with Crippen LogP contribution in [0, 0.1) is 0 Å². The summed E-state index contributed by atoms with van der Waals surface area (Å²) in [5.74, 6) is 1.08. The van der Waals surface area contributed by atoms with Gasteiger partial charge in [0.25, 0.3) is 5.24 Å². The van der Waals surface area contributed by atoms with Crippen molar-refractivity contribution in [3.63, 3.8) is 0 Å². The molecule has 18 heavy (non-hydrogen) atoms. The second-order valence-corrected chi connectivity index (χ2v) is 6.33.